The van der Waals surface area contributed by atoms with E-state index >= 15 is 0 Å². The zero-order valence-corrected chi connectivity index (χ0v) is 18.7. The number of carbonyl (C=O) groups is 1. The van der Waals surface area contributed by atoms with Crippen LogP contribution >= 0.6 is 11.6 Å². The summed E-state index contributed by atoms with van der Waals surface area (Å²) in [5.41, 5.74) is 3.74. The minimum absolute atomic E-state index is 0.133. The Kier molecular flexibility index (Phi) is 5.84. The van der Waals surface area contributed by atoms with E-state index in [4.69, 9.17) is 21.3 Å². The number of anilines is 2. The van der Waals surface area contributed by atoms with Crippen molar-refractivity contribution in [3.63, 3.8) is 0 Å². The van der Waals surface area contributed by atoms with Gasteiger partial charge in [-0.25, -0.2) is 14.8 Å². The normalized spacial score (nSPS) is 21.4. The van der Waals surface area contributed by atoms with Gasteiger partial charge in [-0.3, -0.25) is 0 Å². The largest absolute Gasteiger partial charge is 0.372 e. The fourth-order valence-electron chi connectivity index (χ4n) is 4.18. The summed E-state index contributed by atoms with van der Waals surface area (Å²) in [6.45, 7) is 10.7. The molecule has 2 amide bonds. The number of halogens is 1. The number of amides is 2. The number of nitrogens with one attached hydrogen (secondary N) is 1. The van der Waals surface area contributed by atoms with Crippen LogP contribution in [0.4, 0.5) is 16.3 Å². The highest BCUT2D eigenvalue weighted by Crippen LogP contribution is 2.29. The van der Waals surface area contributed by atoms with E-state index in [0.29, 0.717) is 30.2 Å². The molecule has 2 aromatic rings. The Hall–Kier alpha value is -2.38. The van der Waals surface area contributed by atoms with Crippen LogP contribution in [0.25, 0.3) is 0 Å². The van der Waals surface area contributed by atoms with Gasteiger partial charge in [-0.05, 0) is 45.4 Å². The number of nitrogens with zero attached hydrogens (tertiary/aromatic N) is 4. The number of hydrogen-bond donors (Lipinski definition) is 1. The molecule has 160 valence electrons. The minimum Gasteiger partial charge on any atom is -0.372 e. The number of urea groups is 1. The van der Waals surface area contributed by atoms with E-state index in [2.05, 4.69) is 29.0 Å². The number of aryl methyl sites for hydroxylation is 2. The van der Waals surface area contributed by atoms with Gasteiger partial charge in [0.1, 0.15) is 11.6 Å². The van der Waals surface area contributed by atoms with Crippen LogP contribution in [0.1, 0.15) is 36.5 Å². The van der Waals surface area contributed by atoms with Gasteiger partial charge in [-0.2, -0.15) is 0 Å². The van der Waals surface area contributed by atoms with Crippen molar-refractivity contribution in [2.24, 2.45) is 0 Å². The molecule has 7 nitrogen and oxygen atoms in total. The maximum Gasteiger partial charge on any atom is 0.322 e. The zero-order chi connectivity index (χ0) is 21.4. The third-order valence-electron chi connectivity index (χ3n) is 5.58. The number of benzene rings is 1. The second kappa shape index (κ2) is 8.40. The molecule has 2 atom stereocenters. The molecular formula is C22H28ClN5O2. The molecule has 0 saturated carbocycles. The monoisotopic (exact) mass is 429 g/mol. The number of rotatable bonds is 2. The summed E-state index contributed by atoms with van der Waals surface area (Å²) in [5.74, 6) is 1.69. The van der Waals surface area contributed by atoms with Crippen molar-refractivity contribution in [2.75, 3.05) is 29.9 Å². The van der Waals surface area contributed by atoms with E-state index in [9.17, 15) is 4.79 Å². The van der Waals surface area contributed by atoms with Crippen LogP contribution < -0.4 is 10.2 Å². The smallest absolute Gasteiger partial charge is 0.322 e. The lowest BCUT2D eigenvalue weighted by Crippen LogP contribution is -2.47. The Bertz CT molecular complexity index is 957. The highest BCUT2D eigenvalue weighted by atomic mass is 35.5. The van der Waals surface area contributed by atoms with Crippen molar-refractivity contribution < 1.29 is 9.53 Å². The number of aromatic nitrogens is 2. The van der Waals surface area contributed by atoms with Gasteiger partial charge in [0.2, 0.25) is 0 Å². The number of ether oxygens (including phenoxy) is 1. The molecule has 2 aliphatic heterocycles. The third-order valence-corrected chi connectivity index (χ3v) is 5.99. The molecule has 8 heteroatoms. The molecule has 0 aliphatic carbocycles. The van der Waals surface area contributed by atoms with Gasteiger partial charge in [0, 0.05) is 42.3 Å². The Morgan fingerprint density at radius 3 is 2.63 bits per heavy atom. The predicted molar refractivity (Wildman–Crippen MR) is 118 cm³/mol. The van der Waals surface area contributed by atoms with Crippen molar-refractivity contribution in [2.45, 2.75) is 52.9 Å². The summed E-state index contributed by atoms with van der Waals surface area (Å²) in [7, 11) is 0. The molecule has 0 bridgehead atoms. The van der Waals surface area contributed by atoms with Crippen LogP contribution in [0.3, 0.4) is 0 Å². The van der Waals surface area contributed by atoms with E-state index in [-0.39, 0.29) is 18.2 Å². The molecule has 2 aliphatic rings. The van der Waals surface area contributed by atoms with Crippen LogP contribution in [0.5, 0.6) is 0 Å². The van der Waals surface area contributed by atoms with Crippen LogP contribution in [-0.2, 0) is 17.7 Å². The van der Waals surface area contributed by atoms with Crippen LogP contribution in [-0.4, -0.2) is 52.7 Å². The molecule has 1 aromatic carbocycles. The first-order valence-electron chi connectivity index (χ1n) is 10.4. The van der Waals surface area contributed by atoms with Gasteiger partial charge < -0.3 is 19.9 Å². The van der Waals surface area contributed by atoms with Gasteiger partial charge in [0.05, 0.1) is 24.4 Å². The fraction of sp³-hybridized carbons (Fsp3) is 0.500. The molecule has 1 fully saturated rings. The van der Waals surface area contributed by atoms with Crippen LogP contribution in [0.15, 0.2) is 18.2 Å². The van der Waals surface area contributed by atoms with Gasteiger partial charge in [-0.1, -0.05) is 17.7 Å². The standard InChI is InChI=1S/C22H28ClN5O2/c1-13-5-6-17(9-19(13)23)26-22(29)27-8-7-20-18(12-27)21(25-16(4)24-20)28-10-14(2)30-15(3)11-28/h5-6,9,14-15H,7-8,10-12H2,1-4H3,(H,26,29). The number of fused-ring (bicyclic) bond motifs is 1. The fourth-order valence-corrected chi connectivity index (χ4v) is 4.36. The topological polar surface area (TPSA) is 70.6 Å². The summed E-state index contributed by atoms with van der Waals surface area (Å²) in [6.07, 6.45) is 0.978. The quantitative estimate of drug-likeness (QED) is 0.782. The molecule has 0 spiro atoms. The predicted octanol–water partition coefficient (Wildman–Crippen LogP) is 3.95. The van der Waals surface area contributed by atoms with Crippen LogP contribution in [0, 0.1) is 13.8 Å². The van der Waals surface area contributed by atoms with Crippen molar-refractivity contribution >= 4 is 29.1 Å². The van der Waals surface area contributed by atoms with Crippen LogP contribution in [0.2, 0.25) is 5.02 Å². The Balaban J connectivity index is 1.56. The number of morpholine rings is 1. The van der Waals surface area contributed by atoms with E-state index < -0.39 is 0 Å². The minimum atomic E-state index is -0.143. The van der Waals surface area contributed by atoms with Crippen molar-refractivity contribution in [1.82, 2.24) is 14.9 Å². The molecule has 30 heavy (non-hydrogen) atoms. The second-order valence-electron chi connectivity index (χ2n) is 8.25. The molecule has 4 rings (SSSR count). The molecule has 3 heterocycles. The Morgan fingerprint density at radius 2 is 1.93 bits per heavy atom. The summed E-state index contributed by atoms with van der Waals surface area (Å²) in [4.78, 5) is 26.4. The summed E-state index contributed by atoms with van der Waals surface area (Å²) < 4.78 is 5.89. The second-order valence-corrected chi connectivity index (χ2v) is 8.65. The molecule has 1 N–H and O–H groups in total. The summed E-state index contributed by atoms with van der Waals surface area (Å²) in [6, 6.07) is 5.40. The lowest BCUT2D eigenvalue weighted by Gasteiger charge is -2.38. The maximum atomic E-state index is 12.9. The van der Waals surface area contributed by atoms with E-state index in [1.165, 1.54) is 0 Å². The number of carbonyl (C=O) groups excluding carboxylic acids is 1. The number of hydrogen-bond acceptors (Lipinski definition) is 5. The third kappa shape index (κ3) is 4.37. The molecule has 1 saturated heterocycles. The van der Waals surface area contributed by atoms with E-state index in [1.807, 2.05) is 30.9 Å². The van der Waals surface area contributed by atoms with Crippen molar-refractivity contribution in [3.05, 3.63) is 45.9 Å². The summed E-state index contributed by atoms with van der Waals surface area (Å²) in [5, 5.41) is 3.60. The highest BCUT2D eigenvalue weighted by molar-refractivity contribution is 6.31. The molecule has 2 unspecified atom stereocenters. The maximum absolute atomic E-state index is 12.9. The SMILES string of the molecule is Cc1nc2c(c(N3CC(C)OC(C)C3)n1)CN(C(=O)Nc1ccc(C)c(Cl)c1)CC2. The average Bonchev–Trinajstić information content (AvgIpc) is 2.69. The Morgan fingerprint density at radius 1 is 1.20 bits per heavy atom. The van der Waals surface area contributed by atoms with Crippen molar-refractivity contribution in [3.8, 4) is 0 Å². The first-order chi connectivity index (χ1) is 14.3. The van der Waals surface area contributed by atoms with Gasteiger partial charge in [0.15, 0.2) is 0 Å². The van der Waals surface area contributed by atoms with E-state index in [0.717, 1.165) is 41.6 Å². The van der Waals surface area contributed by atoms with Gasteiger partial charge >= 0.3 is 6.03 Å². The van der Waals surface area contributed by atoms with Gasteiger partial charge in [-0.15, -0.1) is 0 Å². The average molecular weight is 430 g/mol. The molecule has 0 radical (unpaired) electrons. The Labute approximate surface area is 182 Å². The van der Waals surface area contributed by atoms with E-state index in [1.54, 1.807) is 6.07 Å². The zero-order valence-electron chi connectivity index (χ0n) is 17.9. The lowest BCUT2D eigenvalue weighted by atomic mass is 10.0. The first-order valence-corrected chi connectivity index (χ1v) is 10.8. The van der Waals surface area contributed by atoms with Gasteiger partial charge in [0.25, 0.3) is 0 Å². The molecular weight excluding hydrogens is 402 g/mol. The summed E-state index contributed by atoms with van der Waals surface area (Å²) >= 11 is 6.20. The van der Waals surface area contributed by atoms with Crippen molar-refractivity contribution in [1.29, 1.82) is 0 Å². The first kappa shape index (κ1) is 20.9. The molecule has 1 aromatic heterocycles. The lowest BCUT2D eigenvalue weighted by molar-refractivity contribution is -0.00557. The highest BCUT2D eigenvalue weighted by Gasteiger charge is 2.30.